The summed E-state index contributed by atoms with van der Waals surface area (Å²) in [6.45, 7) is 0.965. The van der Waals surface area contributed by atoms with Crippen LogP contribution in [-0.4, -0.2) is 43.0 Å². The molecule has 1 fully saturated rings. The summed E-state index contributed by atoms with van der Waals surface area (Å²) >= 11 is 0. The van der Waals surface area contributed by atoms with Gasteiger partial charge in [-0.25, -0.2) is 0 Å². The molecule has 1 spiro atoms. The molecule has 2 aliphatic carbocycles. The number of phenols is 1. The maximum atomic E-state index is 12.5. The van der Waals surface area contributed by atoms with Crippen LogP contribution in [0.15, 0.2) is 24.3 Å². The second-order valence-electron chi connectivity index (χ2n) is 6.75. The molecule has 0 saturated carbocycles. The van der Waals surface area contributed by atoms with Crippen LogP contribution in [0.25, 0.3) is 0 Å². The summed E-state index contributed by atoms with van der Waals surface area (Å²) in [6.07, 6.45) is 5.20. The van der Waals surface area contributed by atoms with Crippen molar-refractivity contribution in [3.63, 3.8) is 0 Å². The fourth-order valence-electron chi connectivity index (χ4n) is 5.07. The molecule has 5 rings (SSSR count). The standard InChI is InChI=1S/C17H17NO3/c1-18-7-6-17-10-3-5-13(20)16(17)21-15-12(19)4-2-9(14(15)17)8-11(10)18/h2-5,10-11,16,19H,6-8H2,1H3/t10-,11+,16-,17-/m0/s1/i/hD. The molecule has 2 heterocycles. The molecule has 0 amide bonds. The Morgan fingerprint density at radius 2 is 2.43 bits per heavy atom. The summed E-state index contributed by atoms with van der Waals surface area (Å²) in [6, 6.07) is 4.25. The molecule has 4 nitrogen and oxygen atoms in total. The first-order chi connectivity index (χ1) is 10.7. The lowest BCUT2D eigenvalue weighted by atomic mass is 9.53. The van der Waals surface area contributed by atoms with E-state index in [1.165, 1.54) is 5.56 Å². The number of aromatic hydroxyl groups is 1. The van der Waals surface area contributed by atoms with Crippen molar-refractivity contribution in [2.75, 3.05) is 13.6 Å². The summed E-state index contributed by atoms with van der Waals surface area (Å²) in [5, 5.41) is 4.75. The van der Waals surface area contributed by atoms with Gasteiger partial charge in [0.1, 0.15) is 0 Å². The van der Waals surface area contributed by atoms with Gasteiger partial charge in [-0.15, -0.1) is 0 Å². The van der Waals surface area contributed by atoms with Crippen LogP contribution >= 0.6 is 0 Å². The van der Waals surface area contributed by atoms with E-state index in [0.29, 0.717) is 23.5 Å². The Morgan fingerprint density at radius 1 is 1.52 bits per heavy atom. The molecule has 4 heteroatoms. The first kappa shape index (κ1) is 10.9. The van der Waals surface area contributed by atoms with E-state index in [1.807, 2.05) is 6.07 Å². The first-order valence-corrected chi connectivity index (χ1v) is 7.55. The van der Waals surface area contributed by atoms with E-state index in [-0.39, 0.29) is 11.2 Å². The van der Waals surface area contributed by atoms with Crippen LogP contribution in [0.5, 0.6) is 11.5 Å². The number of benzene rings is 1. The summed E-state index contributed by atoms with van der Waals surface area (Å²) < 4.78 is 13.4. The van der Waals surface area contributed by atoms with Gasteiger partial charge in [0.05, 0.1) is 5.41 Å². The van der Waals surface area contributed by atoms with Crippen molar-refractivity contribution < 1.29 is 14.6 Å². The van der Waals surface area contributed by atoms with Crippen molar-refractivity contribution in [2.24, 2.45) is 5.92 Å². The number of likely N-dealkylation sites (N-methyl/N-ethyl adjacent to an activating group) is 1. The topological polar surface area (TPSA) is 49.8 Å². The minimum absolute atomic E-state index is 0.0412. The average Bonchev–Trinajstić information content (AvgIpc) is 2.88. The largest absolute Gasteiger partial charge is 0.504 e. The van der Waals surface area contributed by atoms with E-state index < -0.39 is 6.10 Å². The SMILES string of the molecule is [2H]Oc1ccc2c3c1O[C@H]1C(=O)C=C[C@H]4[C@@H](C2)N(C)CC[C@]314. The monoisotopic (exact) mass is 284 g/mol. The minimum atomic E-state index is -0.455. The normalized spacial score (nSPS) is 39.6. The predicted octanol–water partition coefficient (Wildman–Crippen LogP) is 1.41. The summed E-state index contributed by atoms with van der Waals surface area (Å²) in [4.78, 5) is 14.9. The van der Waals surface area contributed by atoms with E-state index in [0.717, 1.165) is 24.9 Å². The smallest absolute Gasteiger partial charge is 0.293 e. The average molecular weight is 284 g/mol. The maximum absolute atomic E-state index is 12.5. The lowest BCUT2D eigenvalue weighted by Crippen LogP contribution is -2.64. The zero-order chi connectivity index (χ0) is 15.1. The number of likely N-dealkylation sites (tertiary alicyclic amines) is 1. The van der Waals surface area contributed by atoms with Crippen LogP contribution in [-0.2, 0) is 16.6 Å². The van der Waals surface area contributed by atoms with Gasteiger partial charge in [-0.3, -0.25) is 4.79 Å². The quantitative estimate of drug-likeness (QED) is 0.847. The Kier molecular flexibility index (Phi) is 1.81. The van der Waals surface area contributed by atoms with Gasteiger partial charge in [-0.2, -0.15) is 0 Å². The van der Waals surface area contributed by atoms with Crippen molar-refractivity contribution >= 4 is 5.78 Å². The summed E-state index contributed by atoms with van der Waals surface area (Å²) in [5.41, 5.74) is 2.11. The van der Waals surface area contributed by atoms with Crippen molar-refractivity contribution in [1.82, 2.24) is 4.90 Å². The highest BCUT2D eigenvalue weighted by atomic mass is 16.5. The van der Waals surface area contributed by atoms with Gasteiger partial charge in [0.2, 0.25) is 0 Å². The highest BCUT2D eigenvalue weighted by Crippen LogP contribution is 2.61. The number of carbonyl (C=O) groups is 1. The Bertz CT molecular complexity index is 731. The molecule has 0 unspecified atom stereocenters. The fourth-order valence-corrected chi connectivity index (χ4v) is 5.07. The van der Waals surface area contributed by atoms with Gasteiger partial charge < -0.3 is 14.7 Å². The molecule has 1 aromatic rings. The molecule has 1 aromatic carbocycles. The van der Waals surface area contributed by atoms with Crippen LogP contribution in [0, 0.1) is 5.92 Å². The molecule has 108 valence electrons. The van der Waals surface area contributed by atoms with Crippen LogP contribution in [0.1, 0.15) is 17.5 Å². The zero-order valence-electron chi connectivity index (χ0n) is 12.8. The molecular formula is C17H17NO3. The van der Waals surface area contributed by atoms with Gasteiger partial charge in [0.25, 0.3) is 1.43 Å². The van der Waals surface area contributed by atoms with Crippen LogP contribution in [0.4, 0.5) is 0 Å². The Hall–Kier alpha value is -1.81. The highest BCUT2D eigenvalue weighted by Gasteiger charge is 2.64. The van der Waals surface area contributed by atoms with E-state index in [1.54, 1.807) is 12.1 Å². The number of ketones is 1. The highest BCUT2D eigenvalue weighted by molar-refractivity contribution is 5.98. The number of carbonyl (C=O) groups excluding carboxylic acids is 1. The molecule has 2 aliphatic heterocycles. The minimum Gasteiger partial charge on any atom is -0.504 e. The van der Waals surface area contributed by atoms with Crippen molar-refractivity contribution in [2.45, 2.75) is 30.4 Å². The molecule has 0 aromatic heterocycles. The number of rotatable bonds is 1. The molecule has 0 radical (unpaired) electrons. The molecule has 1 N–H and O–H groups in total. The number of ether oxygens (including phenoxy) is 1. The van der Waals surface area contributed by atoms with Crippen molar-refractivity contribution in [3.05, 3.63) is 35.4 Å². The van der Waals surface area contributed by atoms with Crippen molar-refractivity contribution in [1.29, 1.82) is 1.43 Å². The number of hydrogen-bond acceptors (Lipinski definition) is 4. The molecule has 4 aliphatic rings. The van der Waals surface area contributed by atoms with E-state index >= 15 is 0 Å². The second kappa shape index (κ2) is 3.50. The van der Waals surface area contributed by atoms with Gasteiger partial charge in [-0.05, 0) is 44.1 Å². The molecule has 4 atom stereocenters. The summed E-state index contributed by atoms with van der Waals surface area (Å²) in [7, 11) is 2.17. The first-order valence-electron chi connectivity index (χ1n) is 7.96. The predicted molar refractivity (Wildman–Crippen MR) is 76.6 cm³/mol. The Balaban J connectivity index is 1.84. The van der Waals surface area contributed by atoms with E-state index in [4.69, 9.17) is 11.3 Å². The van der Waals surface area contributed by atoms with E-state index in [9.17, 15) is 4.79 Å². The third-order valence-electron chi connectivity index (χ3n) is 5.99. The van der Waals surface area contributed by atoms with Gasteiger partial charge in [0.15, 0.2) is 23.4 Å². The third kappa shape index (κ3) is 1.16. The Morgan fingerprint density at radius 3 is 3.29 bits per heavy atom. The molecule has 2 bridgehead atoms. The van der Waals surface area contributed by atoms with Gasteiger partial charge >= 0.3 is 0 Å². The molecule has 21 heavy (non-hydrogen) atoms. The third-order valence-corrected chi connectivity index (χ3v) is 5.99. The lowest BCUT2D eigenvalue weighted by Gasteiger charge is -2.55. The molecular weight excluding hydrogens is 266 g/mol. The zero-order valence-corrected chi connectivity index (χ0v) is 11.8. The number of hydrogen-bond donors (Lipinski definition) is 1. The fraction of sp³-hybridized carbons (Fsp3) is 0.471. The number of phenolic OH excluding ortho intramolecular Hbond substituents is 1. The van der Waals surface area contributed by atoms with E-state index in [2.05, 4.69) is 18.0 Å². The number of nitrogens with zero attached hydrogens (tertiary/aromatic N) is 1. The van der Waals surface area contributed by atoms with Crippen LogP contribution in [0.3, 0.4) is 0 Å². The number of piperidine rings is 1. The van der Waals surface area contributed by atoms with Crippen molar-refractivity contribution in [3.8, 4) is 11.5 Å². The lowest BCUT2D eigenvalue weighted by molar-refractivity contribution is -0.127. The summed E-state index contributed by atoms with van der Waals surface area (Å²) in [5.74, 6) is 1.39. The Labute approximate surface area is 124 Å². The van der Waals surface area contributed by atoms with Crippen LogP contribution in [0.2, 0.25) is 0 Å². The van der Waals surface area contributed by atoms with Crippen LogP contribution < -0.4 is 4.74 Å². The maximum Gasteiger partial charge on any atom is 0.293 e. The second-order valence-corrected chi connectivity index (χ2v) is 6.75. The van der Waals surface area contributed by atoms with Gasteiger partial charge in [0, 0.05) is 17.5 Å². The van der Waals surface area contributed by atoms with Gasteiger partial charge in [-0.1, -0.05) is 12.1 Å². The molecule has 1 saturated heterocycles.